The predicted molar refractivity (Wildman–Crippen MR) is 151 cm³/mol. The Labute approximate surface area is 208 Å². The van der Waals surface area contributed by atoms with Crippen LogP contribution in [0.5, 0.6) is 0 Å². The summed E-state index contributed by atoms with van der Waals surface area (Å²) in [5.74, 6) is -0.274. The fraction of sp³-hybridized carbons (Fsp3) is 0.448. The van der Waals surface area contributed by atoms with Crippen molar-refractivity contribution in [3.8, 4) is 12.8 Å². The number of hydrogen-bond donors (Lipinski definition) is 1. The van der Waals surface area contributed by atoms with Crippen molar-refractivity contribution in [1.82, 2.24) is 5.32 Å². The van der Waals surface area contributed by atoms with Gasteiger partial charge in [0, 0.05) is 37.6 Å². The van der Waals surface area contributed by atoms with Crippen LogP contribution in [0.15, 0.2) is 53.6 Å². The third-order valence-corrected chi connectivity index (χ3v) is 4.52. The van der Waals surface area contributed by atoms with E-state index in [0.717, 1.165) is 54.2 Å². The number of para-hydroxylation sites is 1. The molecule has 0 saturated carbocycles. The lowest BCUT2D eigenvalue weighted by Crippen LogP contribution is -2.16. The smallest absolute Gasteiger partial charge is 0.337 e. The second-order valence-corrected chi connectivity index (χ2v) is 7.18. The van der Waals surface area contributed by atoms with Crippen LogP contribution in [-0.2, 0) is 9.53 Å². The molecule has 0 heterocycles. The lowest BCUT2D eigenvalue weighted by Gasteiger charge is -2.21. The number of unbranched alkanes of at least 4 members (excludes halogenated alkanes) is 1. The third kappa shape index (κ3) is 12.1. The maximum absolute atomic E-state index is 11.8. The van der Waals surface area contributed by atoms with Crippen LogP contribution >= 0.6 is 0 Å². The molecule has 0 amide bonds. The number of anilines is 1. The minimum Gasteiger partial charge on any atom is -0.462 e. The van der Waals surface area contributed by atoms with Gasteiger partial charge in [-0.1, -0.05) is 50.8 Å². The summed E-state index contributed by atoms with van der Waals surface area (Å²) < 4.78 is 5.04. The van der Waals surface area contributed by atoms with Gasteiger partial charge < -0.3 is 15.0 Å². The number of benzene rings is 1. The van der Waals surface area contributed by atoms with Gasteiger partial charge in [0.25, 0.3) is 0 Å². The van der Waals surface area contributed by atoms with E-state index in [9.17, 15) is 4.79 Å². The first-order valence-corrected chi connectivity index (χ1v) is 12.0. The normalized spacial score (nSPS) is 11.0. The average molecular weight is 468 g/mol. The molecule has 34 heavy (non-hydrogen) atoms. The summed E-state index contributed by atoms with van der Waals surface area (Å²) in [5.41, 5.74) is 5.65. The van der Waals surface area contributed by atoms with Gasteiger partial charge in [-0.25, -0.2) is 4.79 Å². The standard InChI is InChI=1S/C25H37N3O2.C2H6.C2H2/c1-8-21(25(29)30-10-3)16-13-11-12-15-19(4)27-23-18-14-17-22(20(5)26-9-2)24(23)28(6)7;2*1-2/h8,13-14,16-18,26H,5,9-12,15H2,1-4,6-7H3;1-2H3;1-2H/b16-13-,21-8+,27-19?;;. The van der Waals surface area contributed by atoms with Crippen molar-refractivity contribution >= 4 is 28.8 Å². The number of aliphatic imine (C=N–C) groups is 1. The molecule has 0 atom stereocenters. The maximum atomic E-state index is 11.8. The zero-order valence-corrected chi connectivity index (χ0v) is 22.6. The van der Waals surface area contributed by atoms with Crippen LogP contribution in [0.3, 0.4) is 0 Å². The second-order valence-electron chi connectivity index (χ2n) is 7.18. The predicted octanol–water partition coefficient (Wildman–Crippen LogP) is 6.94. The Kier molecular flexibility index (Phi) is 19.7. The van der Waals surface area contributed by atoms with Crippen LogP contribution in [0.1, 0.15) is 66.4 Å². The highest BCUT2D eigenvalue weighted by Crippen LogP contribution is 2.34. The van der Waals surface area contributed by atoms with Crippen LogP contribution in [0.4, 0.5) is 11.4 Å². The number of carbonyl (C=O) groups excluding carboxylic acids is 1. The average Bonchev–Trinajstić information content (AvgIpc) is 2.83. The first-order valence-electron chi connectivity index (χ1n) is 12.0. The van der Waals surface area contributed by atoms with Crippen LogP contribution < -0.4 is 10.2 Å². The van der Waals surface area contributed by atoms with Crippen molar-refractivity contribution in [2.75, 3.05) is 32.1 Å². The first kappa shape index (κ1) is 32.9. The molecule has 0 bridgehead atoms. The van der Waals surface area contributed by atoms with E-state index in [-0.39, 0.29) is 5.97 Å². The minimum atomic E-state index is -0.274. The number of carbonyl (C=O) groups is 1. The van der Waals surface area contributed by atoms with Crippen molar-refractivity contribution in [3.05, 3.63) is 54.1 Å². The quantitative estimate of drug-likeness (QED) is 0.0903. The molecule has 0 aliphatic heterocycles. The summed E-state index contributed by atoms with van der Waals surface area (Å²) in [6.07, 6.45) is 16.4. The zero-order chi connectivity index (χ0) is 26.5. The molecular weight excluding hydrogens is 422 g/mol. The molecule has 0 unspecified atom stereocenters. The molecule has 0 radical (unpaired) electrons. The minimum absolute atomic E-state index is 0.274. The molecule has 0 saturated heterocycles. The number of terminal acetylenes is 1. The summed E-state index contributed by atoms with van der Waals surface area (Å²) >= 11 is 0. The molecule has 0 spiro atoms. The monoisotopic (exact) mass is 467 g/mol. The van der Waals surface area contributed by atoms with Gasteiger partial charge in [0.2, 0.25) is 0 Å². The van der Waals surface area contributed by atoms with Crippen LogP contribution in [-0.4, -0.2) is 38.9 Å². The lowest BCUT2D eigenvalue weighted by atomic mass is 10.1. The van der Waals surface area contributed by atoms with E-state index in [1.54, 1.807) is 6.08 Å². The first-order chi connectivity index (χ1) is 16.3. The number of esters is 1. The van der Waals surface area contributed by atoms with Gasteiger partial charge in [-0.2, -0.15) is 0 Å². The Balaban J connectivity index is 0. The lowest BCUT2D eigenvalue weighted by molar-refractivity contribution is -0.138. The van der Waals surface area contributed by atoms with E-state index >= 15 is 0 Å². The summed E-state index contributed by atoms with van der Waals surface area (Å²) in [6.45, 7) is 17.2. The maximum Gasteiger partial charge on any atom is 0.337 e. The van der Waals surface area contributed by atoms with Crippen LogP contribution in [0.25, 0.3) is 5.70 Å². The molecule has 188 valence electrons. The summed E-state index contributed by atoms with van der Waals surface area (Å²) in [4.78, 5) is 18.7. The molecule has 0 aliphatic carbocycles. The van der Waals surface area contributed by atoms with Crippen molar-refractivity contribution in [3.63, 3.8) is 0 Å². The summed E-state index contributed by atoms with van der Waals surface area (Å²) in [5, 5.41) is 3.30. The highest BCUT2D eigenvalue weighted by Gasteiger charge is 2.12. The number of ether oxygens (including phenoxy) is 1. The Morgan fingerprint density at radius 3 is 2.41 bits per heavy atom. The van der Waals surface area contributed by atoms with Gasteiger partial charge in [0.15, 0.2) is 0 Å². The summed E-state index contributed by atoms with van der Waals surface area (Å²) in [7, 11) is 4.05. The van der Waals surface area contributed by atoms with E-state index < -0.39 is 0 Å². The van der Waals surface area contributed by atoms with Crippen molar-refractivity contribution in [2.24, 2.45) is 4.99 Å². The Hall–Kier alpha value is -3.26. The molecule has 1 aromatic carbocycles. The number of nitrogens with one attached hydrogen (secondary N) is 1. The van der Waals surface area contributed by atoms with Gasteiger partial charge in [0.1, 0.15) is 0 Å². The van der Waals surface area contributed by atoms with Crippen molar-refractivity contribution in [1.29, 1.82) is 0 Å². The molecule has 1 rings (SSSR count). The highest BCUT2D eigenvalue weighted by atomic mass is 16.5. The van der Waals surface area contributed by atoms with E-state index in [2.05, 4.69) is 49.6 Å². The molecular formula is C29H45N3O2. The molecule has 1 N–H and O–H groups in total. The van der Waals surface area contributed by atoms with Crippen LogP contribution in [0, 0.1) is 12.8 Å². The SMILES string of the molecule is C#C.C=C(NCC)c1cccc(N=C(C)CCC/C=C\C(=C/C)C(=O)OCC)c1N(C)C.CC. The molecule has 0 aromatic heterocycles. The highest BCUT2D eigenvalue weighted by molar-refractivity contribution is 5.91. The van der Waals surface area contributed by atoms with Gasteiger partial charge in [-0.15, -0.1) is 12.8 Å². The largest absolute Gasteiger partial charge is 0.462 e. The molecule has 5 nitrogen and oxygen atoms in total. The molecule has 1 aromatic rings. The number of rotatable bonds is 12. The van der Waals surface area contributed by atoms with Gasteiger partial charge in [-0.05, 0) is 53.0 Å². The number of allylic oxidation sites excluding steroid dienone is 2. The number of nitrogens with zero attached hydrogens (tertiary/aromatic N) is 2. The van der Waals surface area contributed by atoms with E-state index in [4.69, 9.17) is 9.73 Å². The third-order valence-electron chi connectivity index (χ3n) is 4.52. The van der Waals surface area contributed by atoms with E-state index in [1.165, 1.54) is 0 Å². The Morgan fingerprint density at radius 1 is 1.24 bits per heavy atom. The molecule has 0 fully saturated rings. The van der Waals surface area contributed by atoms with Crippen LogP contribution in [0.2, 0.25) is 0 Å². The van der Waals surface area contributed by atoms with E-state index in [0.29, 0.717) is 12.2 Å². The zero-order valence-electron chi connectivity index (χ0n) is 22.6. The molecule has 5 heteroatoms. The Bertz CT molecular complexity index is 846. The van der Waals surface area contributed by atoms with Crippen molar-refractivity contribution in [2.45, 2.75) is 60.8 Å². The van der Waals surface area contributed by atoms with Gasteiger partial charge in [0.05, 0.1) is 23.6 Å². The number of hydrogen-bond acceptors (Lipinski definition) is 5. The topological polar surface area (TPSA) is 53.9 Å². The fourth-order valence-corrected chi connectivity index (χ4v) is 3.09. The summed E-state index contributed by atoms with van der Waals surface area (Å²) in [6, 6.07) is 6.13. The Morgan fingerprint density at radius 2 is 1.88 bits per heavy atom. The fourth-order valence-electron chi connectivity index (χ4n) is 3.09. The van der Waals surface area contributed by atoms with E-state index in [1.807, 2.05) is 66.1 Å². The van der Waals surface area contributed by atoms with Gasteiger partial charge >= 0.3 is 5.97 Å². The second kappa shape index (κ2) is 20.4. The van der Waals surface area contributed by atoms with Crippen molar-refractivity contribution < 1.29 is 9.53 Å². The van der Waals surface area contributed by atoms with Gasteiger partial charge in [-0.3, -0.25) is 4.99 Å². The molecule has 0 aliphatic rings.